The largest absolute Gasteiger partial charge is 0.490 e. The van der Waals surface area contributed by atoms with Gasteiger partial charge in [0.15, 0.2) is 18.1 Å². The van der Waals surface area contributed by atoms with E-state index in [2.05, 4.69) is 0 Å². The Morgan fingerprint density at radius 3 is 2.43 bits per heavy atom. The van der Waals surface area contributed by atoms with Crippen LogP contribution in [0.25, 0.3) is 0 Å². The van der Waals surface area contributed by atoms with Crippen LogP contribution in [0.2, 0.25) is 0 Å². The van der Waals surface area contributed by atoms with Crippen LogP contribution < -0.4 is 9.47 Å². The van der Waals surface area contributed by atoms with E-state index in [-0.39, 0.29) is 19.1 Å². The second-order valence-electron chi connectivity index (χ2n) is 5.18. The lowest BCUT2D eigenvalue weighted by molar-refractivity contribution is -0.135. The smallest absolute Gasteiger partial charge is 0.260 e. The minimum atomic E-state index is -0.0160. The normalized spacial score (nSPS) is 15.8. The van der Waals surface area contributed by atoms with Crippen LogP contribution in [0.1, 0.15) is 19.8 Å². The topological polar surface area (TPSA) is 59.0 Å². The van der Waals surface area contributed by atoms with E-state index in [4.69, 9.17) is 14.6 Å². The third-order valence-electron chi connectivity index (χ3n) is 3.73. The molecule has 1 amide bonds. The lowest BCUT2D eigenvalue weighted by Crippen LogP contribution is -2.41. The van der Waals surface area contributed by atoms with E-state index in [1.807, 2.05) is 25.1 Å². The zero-order valence-electron chi connectivity index (χ0n) is 12.5. The minimum Gasteiger partial charge on any atom is -0.490 e. The highest BCUT2D eigenvalue weighted by atomic mass is 16.5. The average Bonchev–Trinajstić information content (AvgIpc) is 2.54. The molecule has 1 fully saturated rings. The molecule has 5 heteroatoms. The van der Waals surface area contributed by atoms with Gasteiger partial charge in [-0.05, 0) is 37.8 Å². The first-order chi connectivity index (χ1) is 10.2. The quantitative estimate of drug-likeness (QED) is 0.867. The number of piperidine rings is 1. The zero-order chi connectivity index (χ0) is 15.1. The summed E-state index contributed by atoms with van der Waals surface area (Å²) < 4.78 is 11.1. The van der Waals surface area contributed by atoms with E-state index in [9.17, 15) is 4.79 Å². The maximum Gasteiger partial charge on any atom is 0.260 e. The third kappa shape index (κ3) is 4.36. The molecule has 1 saturated heterocycles. The number of hydrogen-bond acceptors (Lipinski definition) is 4. The van der Waals surface area contributed by atoms with Crippen molar-refractivity contribution in [1.82, 2.24) is 4.90 Å². The summed E-state index contributed by atoms with van der Waals surface area (Å²) in [5.41, 5.74) is 0. The van der Waals surface area contributed by atoms with Gasteiger partial charge in [-0.3, -0.25) is 4.79 Å². The van der Waals surface area contributed by atoms with Crippen LogP contribution in [0.15, 0.2) is 24.3 Å². The first-order valence-corrected chi connectivity index (χ1v) is 7.47. The van der Waals surface area contributed by atoms with Crippen molar-refractivity contribution >= 4 is 5.91 Å². The van der Waals surface area contributed by atoms with Crippen molar-refractivity contribution in [2.75, 3.05) is 32.9 Å². The highest BCUT2D eigenvalue weighted by Crippen LogP contribution is 2.26. The predicted octanol–water partition coefficient (Wildman–Crippen LogP) is 1.69. The van der Waals surface area contributed by atoms with Crippen LogP contribution in [0.3, 0.4) is 0 Å². The Labute approximate surface area is 125 Å². The van der Waals surface area contributed by atoms with E-state index in [0.29, 0.717) is 37.1 Å². The van der Waals surface area contributed by atoms with Gasteiger partial charge in [-0.25, -0.2) is 0 Å². The number of rotatable bonds is 6. The minimum absolute atomic E-state index is 0.0160. The number of carbonyl (C=O) groups excluding carboxylic acids is 1. The Bertz CT molecular complexity index is 455. The maximum absolute atomic E-state index is 12.1. The van der Waals surface area contributed by atoms with E-state index in [1.165, 1.54) is 0 Å². The lowest BCUT2D eigenvalue weighted by Gasteiger charge is -2.31. The summed E-state index contributed by atoms with van der Waals surface area (Å²) in [5.74, 6) is 1.57. The molecule has 116 valence electrons. The fourth-order valence-corrected chi connectivity index (χ4v) is 2.44. The Morgan fingerprint density at radius 2 is 1.86 bits per heavy atom. The first-order valence-electron chi connectivity index (χ1n) is 7.47. The summed E-state index contributed by atoms with van der Waals surface area (Å²) in [4.78, 5) is 13.9. The van der Waals surface area contributed by atoms with Gasteiger partial charge in [0, 0.05) is 19.7 Å². The van der Waals surface area contributed by atoms with Crippen molar-refractivity contribution < 1.29 is 19.4 Å². The number of aliphatic hydroxyl groups is 1. The van der Waals surface area contributed by atoms with E-state index in [1.54, 1.807) is 11.0 Å². The van der Waals surface area contributed by atoms with Crippen molar-refractivity contribution in [2.45, 2.75) is 19.8 Å². The van der Waals surface area contributed by atoms with E-state index in [0.717, 1.165) is 12.8 Å². The molecular formula is C16H23NO4. The summed E-state index contributed by atoms with van der Waals surface area (Å²) in [6, 6.07) is 7.36. The average molecular weight is 293 g/mol. The SMILES string of the molecule is CCOc1ccccc1OCC(=O)N1CCC(CO)CC1. The number of para-hydroxylation sites is 2. The highest BCUT2D eigenvalue weighted by molar-refractivity contribution is 5.78. The molecule has 0 unspecified atom stereocenters. The van der Waals surface area contributed by atoms with Crippen molar-refractivity contribution in [3.63, 3.8) is 0 Å². The zero-order valence-corrected chi connectivity index (χ0v) is 12.5. The number of ether oxygens (including phenoxy) is 2. The molecule has 21 heavy (non-hydrogen) atoms. The van der Waals surface area contributed by atoms with Gasteiger partial charge in [-0.15, -0.1) is 0 Å². The first kappa shape index (κ1) is 15.6. The molecule has 5 nitrogen and oxygen atoms in total. The van der Waals surface area contributed by atoms with Crippen LogP contribution >= 0.6 is 0 Å². The number of nitrogens with zero attached hydrogens (tertiary/aromatic N) is 1. The van der Waals surface area contributed by atoms with Crippen molar-refractivity contribution in [3.05, 3.63) is 24.3 Å². The molecule has 0 bridgehead atoms. The molecule has 0 spiro atoms. The van der Waals surface area contributed by atoms with Gasteiger partial charge in [0.1, 0.15) is 0 Å². The Balaban J connectivity index is 1.84. The molecule has 1 heterocycles. The third-order valence-corrected chi connectivity index (χ3v) is 3.73. The van der Waals surface area contributed by atoms with Crippen LogP contribution in [0.5, 0.6) is 11.5 Å². The lowest BCUT2D eigenvalue weighted by atomic mass is 9.98. The van der Waals surface area contributed by atoms with Crippen LogP contribution in [0.4, 0.5) is 0 Å². The number of carbonyl (C=O) groups is 1. The van der Waals surface area contributed by atoms with Gasteiger partial charge >= 0.3 is 0 Å². The molecule has 0 radical (unpaired) electrons. The second kappa shape index (κ2) is 7.88. The van der Waals surface area contributed by atoms with Crippen LogP contribution in [-0.4, -0.2) is 48.8 Å². The van der Waals surface area contributed by atoms with Gasteiger partial charge in [0.25, 0.3) is 5.91 Å². The summed E-state index contributed by atoms with van der Waals surface area (Å²) in [6.45, 7) is 4.09. The maximum atomic E-state index is 12.1. The fraction of sp³-hybridized carbons (Fsp3) is 0.562. The van der Waals surface area contributed by atoms with Crippen molar-refractivity contribution in [3.8, 4) is 11.5 Å². The van der Waals surface area contributed by atoms with Gasteiger partial charge in [0.05, 0.1) is 6.61 Å². The van der Waals surface area contributed by atoms with E-state index < -0.39 is 0 Å². The summed E-state index contributed by atoms with van der Waals surface area (Å²) in [5, 5.41) is 9.11. The standard InChI is InChI=1S/C16H23NO4/c1-2-20-14-5-3-4-6-15(14)21-12-16(19)17-9-7-13(11-18)8-10-17/h3-6,13,18H,2,7-12H2,1H3. The van der Waals surface area contributed by atoms with Crippen LogP contribution in [-0.2, 0) is 4.79 Å². The van der Waals surface area contributed by atoms with Gasteiger partial charge in [-0.1, -0.05) is 12.1 Å². The molecule has 0 aromatic heterocycles. The monoisotopic (exact) mass is 293 g/mol. The number of likely N-dealkylation sites (tertiary alicyclic amines) is 1. The Hall–Kier alpha value is -1.75. The molecule has 0 atom stereocenters. The molecular weight excluding hydrogens is 270 g/mol. The predicted molar refractivity (Wildman–Crippen MR) is 79.5 cm³/mol. The Morgan fingerprint density at radius 1 is 1.24 bits per heavy atom. The number of benzene rings is 1. The molecule has 1 aliphatic rings. The number of aliphatic hydroxyl groups excluding tert-OH is 1. The van der Waals surface area contributed by atoms with Gasteiger partial charge < -0.3 is 19.5 Å². The van der Waals surface area contributed by atoms with Gasteiger partial charge in [-0.2, -0.15) is 0 Å². The summed E-state index contributed by atoms with van der Waals surface area (Å²) in [7, 11) is 0. The molecule has 0 aliphatic carbocycles. The summed E-state index contributed by atoms with van der Waals surface area (Å²) >= 11 is 0. The molecule has 1 aromatic carbocycles. The number of amides is 1. The molecule has 0 saturated carbocycles. The Kier molecular flexibility index (Phi) is 5.87. The van der Waals surface area contributed by atoms with Crippen LogP contribution in [0, 0.1) is 5.92 Å². The van der Waals surface area contributed by atoms with Gasteiger partial charge in [0.2, 0.25) is 0 Å². The van der Waals surface area contributed by atoms with E-state index >= 15 is 0 Å². The molecule has 1 N–H and O–H groups in total. The van der Waals surface area contributed by atoms with Crippen molar-refractivity contribution in [1.29, 1.82) is 0 Å². The molecule has 1 aromatic rings. The number of hydrogen-bond donors (Lipinski definition) is 1. The highest BCUT2D eigenvalue weighted by Gasteiger charge is 2.22. The second-order valence-corrected chi connectivity index (χ2v) is 5.18. The molecule has 1 aliphatic heterocycles. The fourth-order valence-electron chi connectivity index (χ4n) is 2.44. The molecule has 2 rings (SSSR count). The van der Waals surface area contributed by atoms with Crippen molar-refractivity contribution in [2.24, 2.45) is 5.92 Å². The summed E-state index contributed by atoms with van der Waals surface area (Å²) in [6.07, 6.45) is 1.72.